The average Bonchev–Trinajstić information content (AvgIpc) is 2.79. The van der Waals surface area contributed by atoms with Gasteiger partial charge in [-0.05, 0) is 25.5 Å². The van der Waals surface area contributed by atoms with Crippen LogP contribution in [0.25, 0.3) is 0 Å². The highest BCUT2D eigenvalue weighted by atomic mass is 16.2. The summed E-state index contributed by atoms with van der Waals surface area (Å²) in [6.45, 7) is 4.59. The molecule has 1 aliphatic rings. The predicted octanol–water partition coefficient (Wildman–Crippen LogP) is 1.23. The van der Waals surface area contributed by atoms with E-state index in [-0.39, 0.29) is 30.3 Å². The lowest BCUT2D eigenvalue weighted by Gasteiger charge is -2.12. The van der Waals surface area contributed by atoms with Gasteiger partial charge in [-0.15, -0.1) is 0 Å². The number of carbonyl (C=O) groups excluding carboxylic acids is 2. The number of hydrogen-bond acceptors (Lipinski definition) is 3. The Morgan fingerprint density at radius 2 is 2.05 bits per heavy atom. The Balaban J connectivity index is 1.80. The number of fused-ring (bicyclic) bond motifs is 1. The van der Waals surface area contributed by atoms with Crippen molar-refractivity contribution in [1.82, 2.24) is 10.6 Å². The monoisotopic (exact) mass is 275 g/mol. The second-order valence-electron chi connectivity index (χ2n) is 5.37. The first-order valence-electron chi connectivity index (χ1n) is 6.95. The molecule has 1 aromatic carbocycles. The van der Waals surface area contributed by atoms with Crippen molar-refractivity contribution in [2.24, 2.45) is 0 Å². The maximum Gasteiger partial charge on any atom is 0.239 e. The summed E-state index contributed by atoms with van der Waals surface area (Å²) in [6, 6.07) is 8.10. The molecule has 108 valence electrons. The molecule has 0 fully saturated rings. The van der Waals surface area contributed by atoms with E-state index in [4.69, 9.17) is 0 Å². The number of carbonyl (C=O) groups is 2. The van der Waals surface area contributed by atoms with E-state index >= 15 is 0 Å². The molecule has 2 rings (SSSR count). The number of nitrogens with one attached hydrogen (secondary N) is 3. The van der Waals surface area contributed by atoms with Gasteiger partial charge in [-0.3, -0.25) is 9.59 Å². The Morgan fingerprint density at radius 1 is 1.30 bits per heavy atom. The quantitative estimate of drug-likeness (QED) is 0.757. The van der Waals surface area contributed by atoms with Crippen molar-refractivity contribution in [3.63, 3.8) is 0 Å². The zero-order valence-corrected chi connectivity index (χ0v) is 11.9. The second kappa shape index (κ2) is 6.41. The molecule has 1 heterocycles. The molecule has 2 amide bonds. The summed E-state index contributed by atoms with van der Waals surface area (Å²) in [5, 5.41) is 8.70. The summed E-state index contributed by atoms with van der Waals surface area (Å²) < 4.78 is 0. The van der Waals surface area contributed by atoms with Gasteiger partial charge in [0, 0.05) is 30.6 Å². The molecule has 0 aromatic heterocycles. The number of para-hydroxylation sites is 1. The molecule has 3 N–H and O–H groups in total. The van der Waals surface area contributed by atoms with E-state index in [1.165, 1.54) is 5.56 Å². The van der Waals surface area contributed by atoms with E-state index < -0.39 is 0 Å². The molecule has 5 heteroatoms. The van der Waals surface area contributed by atoms with Crippen molar-refractivity contribution in [3.05, 3.63) is 29.8 Å². The first-order chi connectivity index (χ1) is 9.56. The highest BCUT2D eigenvalue weighted by molar-refractivity contribution is 5.85. The fourth-order valence-electron chi connectivity index (χ4n) is 2.39. The Kier molecular flexibility index (Phi) is 4.61. The average molecular weight is 275 g/mol. The predicted molar refractivity (Wildman–Crippen MR) is 78.6 cm³/mol. The zero-order chi connectivity index (χ0) is 14.5. The topological polar surface area (TPSA) is 70.2 Å². The smallest absolute Gasteiger partial charge is 0.239 e. The minimum Gasteiger partial charge on any atom is -0.384 e. The minimum atomic E-state index is -0.154. The molecular formula is C15H21N3O2. The van der Waals surface area contributed by atoms with Crippen molar-refractivity contribution in [1.29, 1.82) is 0 Å². The lowest BCUT2D eigenvalue weighted by Crippen LogP contribution is -2.40. The standard InChI is InChI=1S/C15H21N3O2/c1-10(2)18-15(20)9-17-14(19)7-11-8-16-13-6-4-3-5-12(11)13/h3-6,10-11,16H,7-9H2,1-2H3,(H,17,19)(H,18,20). The van der Waals surface area contributed by atoms with E-state index in [0.29, 0.717) is 6.42 Å². The van der Waals surface area contributed by atoms with Gasteiger partial charge in [0.15, 0.2) is 0 Å². The normalized spacial score (nSPS) is 16.4. The van der Waals surface area contributed by atoms with Gasteiger partial charge < -0.3 is 16.0 Å². The van der Waals surface area contributed by atoms with Crippen molar-refractivity contribution in [2.45, 2.75) is 32.2 Å². The molecule has 5 nitrogen and oxygen atoms in total. The third-order valence-electron chi connectivity index (χ3n) is 3.27. The maximum absolute atomic E-state index is 11.9. The first kappa shape index (κ1) is 14.4. The fourth-order valence-corrected chi connectivity index (χ4v) is 2.39. The van der Waals surface area contributed by atoms with Gasteiger partial charge in [0.2, 0.25) is 11.8 Å². The summed E-state index contributed by atoms with van der Waals surface area (Å²) in [5.74, 6) is -0.0648. The van der Waals surface area contributed by atoms with Crippen LogP contribution in [0.15, 0.2) is 24.3 Å². The van der Waals surface area contributed by atoms with Crippen LogP contribution < -0.4 is 16.0 Å². The maximum atomic E-state index is 11.9. The van der Waals surface area contributed by atoms with Crippen molar-refractivity contribution >= 4 is 17.5 Å². The van der Waals surface area contributed by atoms with Crippen LogP contribution in [0.4, 0.5) is 5.69 Å². The molecule has 1 atom stereocenters. The number of amides is 2. The third-order valence-corrected chi connectivity index (χ3v) is 3.27. The molecule has 0 saturated heterocycles. The van der Waals surface area contributed by atoms with Crippen LogP contribution in [0.2, 0.25) is 0 Å². The van der Waals surface area contributed by atoms with Gasteiger partial charge >= 0.3 is 0 Å². The van der Waals surface area contributed by atoms with Gasteiger partial charge in [-0.2, -0.15) is 0 Å². The van der Waals surface area contributed by atoms with Gasteiger partial charge in [-0.25, -0.2) is 0 Å². The Morgan fingerprint density at radius 3 is 2.80 bits per heavy atom. The molecule has 0 saturated carbocycles. The highest BCUT2D eigenvalue weighted by Gasteiger charge is 2.23. The molecule has 0 bridgehead atoms. The molecule has 0 aliphatic carbocycles. The summed E-state index contributed by atoms with van der Waals surface area (Å²) in [4.78, 5) is 23.3. The number of anilines is 1. The van der Waals surface area contributed by atoms with Crippen molar-refractivity contribution < 1.29 is 9.59 Å². The molecular weight excluding hydrogens is 254 g/mol. The summed E-state index contributed by atoms with van der Waals surface area (Å²) in [6.07, 6.45) is 0.402. The number of rotatable bonds is 5. The molecule has 1 unspecified atom stereocenters. The fraction of sp³-hybridized carbons (Fsp3) is 0.467. The van der Waals surface area contributed by atoms with Crippen molar-refractivity contribution in [3.8, 4) is 0 Å². The van der Waals surface area contributed by atoms with E-state index in [1.54, 1.807) is 0 Å². The van der Waals surface area contributed by atoms with Crippen LogP contribution >= 0.6 is 0 Å². The second-order valence-corrected chi connectivity index (χ2v) is 5.37. The SMILES string of the molecule is CC(C)NC(=O)CNC(=O)CC1CNc2ccccc21. The van der Waals surface area contributed by atoms with Gasteiger partial charge in [0.25, 0.3) is 0 Å². The van der Waals surface area contributed by atoms with Gasteiger partial charge in [0.05, 0.1) is 6.54 Å². The molecule has 0 spiro atoms. The first-order valence-corrected chi connectivity index (χ1v) is 6.95. The lowest BCUT2D eigenvalue weighted by atomic mass is 9.97. The molecule has 20 heavy (non-hydrogen) atoms. The summed E-state index contributed by atoms with van der Waals surface area (Å²) >= 11 is 0. The molecule has 1 aromatic rings. The summed E-state index contributed by atoms with van der Waals surface area (Å²) in [7, 11) is 0. The van der Waals surface area contributed by atoms with Crippen LogP contribution in [0.1, 0.15) is 31.7 Å². The van der Waals surface area contributed by atoms with E-state index in [2.05, 4.69) is 16.0 Å². The Bertz CT molecular complexity index is 500. The summed E-state index contributed by atoms with van der Waals surface area (Å²) in [5.41, 5.74) is 2.28. The van der Waals surface area contributed by atoms with E-state index in [0.717, 1.165) is 12.2 Å². The minimum absolute atomic E-state index is 0.0405. The van der Waals surface area contributed by atoms with Gasteiger partial charge in [0.1, 0.15) is 0 Å². The Hall–Kier alpha value is -2.04. The number of benzene rings is 1. The third kappa shape index (κ3) is 3.73. The number of hydrogen-bond donors (Lipinski definition) is 3. The van der Waals surface area contributed by atoms with E-state index in [9.17, 15) is 9.59 Å². The van der Waals surface area contributed by atoms with E-state index in [1.807, 2.05) is 38.1 Å². The lowest BCUT2D eigenvalue weighted by molar-refractivity contribution is -0.126. The van der Waals surface area contributed by atoms with Crippen LogP contribution in [0, 0.1) is 0 Å². The van der Waals surface area contributed by atoms with Gasteiger partial charge in [-0.1, -0.05) is 18.2 Å². The molecule has 1 aliphatic heterocycles. The van der Waals surface area contributed by atoms with Crippen LogP contribution in [0.3, 0.4) is 0 Å². The molecule has 0 radical (unpaired) electrons. The highest BCUT2D eigenvalue weighted by Crippen LogP contribution is 2.32. The van der Waals surface area contributed by atoms with Crippen LogP contribution in [0.5, 0.6) is 0 Å². The largest absolute Gasteiger partial charge is 0.384 e. The van der Waals surface area contributed by atoms with Crippen molar-refractivity contribution in [2.75, 3.05) is 18.4 Å². The Labute approximate surface area is 119 Å². The van der Waals surface area contributed by atoms with Crippen LogP contribution in [-0.2, 0) is 9.59 Å². The van der Waals surface area contributed by atoms with Crippen LogP contribution in [-0.4, -0.2) is 30.9 Å². The zero-order valence-electron chi connectivity index (χ0n) is 11.9.